The van der Waals surface area contributed by atoms with E-state index in [2.05, 4.69) is 25.7 Å². The summed E-state index contributed by atoms with van der Waals surface area (Å²) in [5.74, 6) is 0.264. The van der Waals surface area contributed by atoms with Gasteiger partial charge in [0.1, 0.15) is 0 Å². The van der Waals surface area contributed by atoms with E-state index in [-0.39, 0.29) is 11.8 Å². The van der Waals surface area contributed by atoms with Gasteiger partial charge < -0.3 is 15.1 Å². The molecule has 1 aliphatic rings. The van der Waals surface area contributed by atoms with Crippen LogP contribution in [0.15, 0.2) is 66.0 Å². The standard InChI is InChI=1S/C23H20ClN7O2S/c24-18-9-8-16(15-19(18)25-21(32)20-7-4-14-34-20)22(33)29-10-12-30(13-11-29)23-26-27-28-31(23)17-5-2-1-3-6-17/h1-9,14-15H,10-13H2,(H,25,32). The van der Waals surface area contributed by atoms with Crippen LogP contribution >= 0.6 is 22.9 Å². The lowest BCUT2D eigenvalue weighted by atomic mass is 10.1. The van der Waals surface area contributed by atoms with Crippen molar-refractivity contribution in [2.24, 2.45) is 0 Å². The van der Waals surface area contributed by atoms with Crippen LogP contribution in [0.2, 0.25) is 5.02 Å². The maximum atomic E-state index is 13.2. The van der Waals surface area contributed by atoms with Crippen molar-refractivity contribution in [2.45, 2.75) is 0 Å². The molecule has 5 rings (SSSR count). The number of halogens is 1. The third-order valence-electron chi connectivity index (χ3n) is 5.51. The fourth-order valence-corrected chi connectivity index (χ4v) is 4.54. The van der Waals surface area contributed by atoms with Crippen LogP contribution in [-0.2, 0) is 0 Å². The summed E-state index contributed by atoms with van der Waals surface area (Å²) in [5.41, 5.74) is 1.75. The summed E-state index contributed by atoms with van der Waals surface area (Å²) in [4.78, 5) is 30.0. The normalized spacial score (nSPS) is 13.7. The number of carbonyl (C=O) groups excluding carboxylic acids is 2. The zero-order chi connectivity index (χ0) is 23.5. The first-order valence-corrected chi connectivity index (χ1v) is 11.9. The molecule has 1 saturated heterocycles. The molecule has 34 heavy (non-hydrogen) atoms. The Kier molecular flexibility index (Phi) is 6.24. The van der Waals surface area contributed by atoms with Crippen molar-refractivity contribution >= 4 is 46.4 Å². The number of nitrogens with one attached hydrogen (secondary N) is 1. The molecule has 2 aromatic heterocycles. The molecule has 11 heteroatoms. The lowest BCUT2D eigenvalue weighted by Crippen LogP contribution is -2.49. The van der Waals surface area contributed by atoms with Gasteiger partial charge in [-0.2, -0.15) is 4.68 Å². The SMILES string of the molecule is O=C(Nc1cc(C(=O)N2CCN(c3nnnn3-c3ccccc3)CC2)ccc1Cl)c1cccs1. The molecule has 2 aromatic carbocycles. The Bertz CT molecular complexity index is 1300. The maximum Gasteiger partial charge on any atom is 0.265 e. The van der Waals surface area contributed by atoms with E-state index < -0.39 is 0 Å². The van der Waals surface area contributed by atoms with Gasteiger partial charge in [0.2, 0.25) is 5.95 Å². The van der Waals surface area contributed by atoms with Gasteiger partial charge in [-0.25, -0.2) is 0 Å². The van der Waals surface area contributed by atoms with Crippen LogP contribution in [0.5, 0.6) is 0 Å². The number of rotatable bonds is 5. The fraction of sp³-hybridized carbons (Fsp3) is 0.174. The van der Waals surface area contributed by atoms with Crippen LogP contribution in [0, 0.1) is 0 Å². The Morgan fingerprint density at radius 1 is 0.971 bits per heavy atom. The number of thiophene rings is 1. The van der Waals surface area contributed by atoms with Gasteiger partial charge in [0, 0.05) is 31.7 Å². The zero-order valence-electron chi connectivity index (χ0n) is 18.0. The van der Waals surface area contributed by atoms with Crippen LogP contribution < -0.4 is 10.2 Å². The first kappa shape index (κ1) is 22.1. The molecular formula is C23H20ClN7O2S. The molecule has 0 aliphatic carbocycles. The molecule has 0 unspecified atom stereocenters. The predicted octanol–water partition coefficient (Wildman–Crippen LogP) is 3.59. The molecule has 4 aromatic rings. The number of tetrazole rings is 1. The van der Waals surface area contributed by atoms with E-state index in [4.69, 9.17) is 11.6 Å². The summed E-state index contributed by atoms with van der Waals surface area (Å²) < 4.78 is 1.69. The molecule has 0 spiro atoms. The van der Waals surface area contributed by atoms with Crippen LogP contribution in [0.25, 0.3) is 5.69 Å². The Hall–Kier alpha value is -3.76. The molecule has 2 amide bonds. The number of anilines is 2. The fourth-order valence-electron chi connectivity index (χ4n) is 3.75. The van der Waals surface area contributed by atoms with E-state index >= 15 is 0 Å². The topological polar surface area (TPSA) is 96.2 Å². The van der Waals surface area contributed by atoms with E-state index in [0.29, 0.717) is 53.3 Å². The number of aromatic nitrogens is 4. The molecule has 0 saturated carbocycles. The first-order chi connectivity index (χ1) is 16.6. The Morgan fingerprint density at radius 3 is 2.50 bits per heavy atom. The second-order valence-corrected chi connectivity index (χ2v) is 8.99. The number of nitrogens with zero attached hydrogens (tertiary/aromatic N) is 6. The van der Waals surface area contributed by atoms with Crippen molar-refractivity contribution in [2.75, 3.05) is 36.4 Å². The Labute approximate surface area is 204 Å². The quantitative estimate of drug-likeness (QED) is 0.456. The number of benzene rings is 2. The van der Waals surface area contributed by atoms with Gasteiger partial charge in [-0.15, -0.1) is 11.3 Å². The summed E-state index contributed by atoms with van der Waals surface area (Å²) in [6, 6.07) is 18.1. The van der Waals surface area contributed by atoms with E-state index in [9.17, 15) is 9.59 Å². The van der Waals surface area contributed by atoms with Crippen molar-refractivity contribution in [1.29, 1.82) is 0 Å². The molecule has 3 heterocycles. The summed E-state index contributed by atoms with van der Waals surface area (Å²) in [7, 11) is 0. The molecule has 1 N–H and O–H groups in total. The number of para-hydroxylation sites is 1. The van der Waals surface area contributed by atoms with Gasteiger partial charge in [-0.3, -0.25) is 9.59 Å². The monoisotopic (exact) mass is 493 g/mol. The Balaban J connectivity index is 1.26. The molecule has 0 atom stereocenters. The van der Waals surface area contributed by atoms with E-state index in [0.717, 1.165) is 5.69 Å². The highest BCUT2D eigenvalue weighted by Crippen LogP contribution is 2.26. The summed E-state index contributed by atoms with van der Waals surface area (Å²) in [6.45, 7) is 2.21. The first-order valence-electron chi connectivity index (χ1n) is 10.6. The van der Waals surface area contributed by atoms with Crippen LogP contribution in [0.1, 0.15) is 20.0 Å². The van der Waals surface area contributed by atoms with E-state index in [1.807, 2.05) is 35.7 Å². The molecule has 0 radical (unpaired) electrons. The molecular weight excluding hydrogens is 474 g/mol. The largest absolute Gasteiger partial charge is 0.336 e. The minimum atomic E-state index is -0.258. The van der Waals surface area contributed by atoms with Crippen LogP contribution in [0.4, 0.5) is 11.6 Å². The molecule has 1 fully saturated rings. The number of hydrogen-bond acceptors (Lipinski definition) is 7. The maximum absolute atomic E-state index is 13.2. The van der Waals surface area contributed by atoms with Crippen LogP contribution in [-0.4, -0.2) is 63.1 Å². The van der Waals surface area contributed by atoms with Crippen LogP contribution in [0.3, 0.4) is 0 Å². The molecule has 0 bridgehead atoms. The van der Waals surface area contributed by atoms with Crippen molar-refractivity contribution < 1.29 is 9.59 Å². The molecule has 9 nitrogen and oxygen atoms in total. The van der Waals surface area contributed by atoms with Crippen molar-refractivity contribution in [3.05, 3.63) is 81.5 Å². The van der Waals surface area contributed by atoms with Gasteiger partial charge >= 0.3 is 0 Å². The number of hydrogen-bond donors (Lipinski definition) is 1. The van der Waals surface area contributed by atoms with Gasteiger partial charge in [0.15, 0.2) is 0 Å². The third-order valence-corrected chi connectivity index (χ3v) is 6.71. The van der Waals surface area contributed by atoms with Crippen molar-refractivity contribution in [1.82, 2.24) is 25.1 Å². The average molecular weight is 494 g/mol. The highest BCUT2D eigenvalue weighted by Gasteiger charge is 2.26. The molecule has 172 valence electrons. The summed E-state index contributed by atoms with van der Waals surface area (Å²) in [5, 5.41) is 17.1. The highest BCUT2D eigenvalue weighted by molar-refractivity contribution is 7.12. The minimum absolute atomic E-state index is 0.120. The average Bonchev–Trinajstić information content (AvgIpc) is 3.58. The smallest absolute Gasteiger partial charge is 0.265 e. The van der Waals surface area contributed by atoms with E-state index in [1.54, 1.807) is 39.9 Å². The van der Waals surface area contributed by atoms with Gasteiger partial charge in [-0.1, -0.05) is 41.0 Å². The van der Waals surface area contributed by atoms with Crippen molar-refractivity contribution in [3.63, 3.8) is 0 Å². The third kappa shape index (κ3) is 4.50. The molecule has 1 aliphatic heterocycles. The minimum Gasteiger partial charge on any atom is -0.336 e. The Morgan fingerprint density at radius 2 is 1.76 bits per heavy atom. The lowest BCUT2D eigenvalue weighted by molar-refractivity contribution is 0.0746. The van der Waals surface area contributed by atoms with Gasteiger partial charge in [-0.05, 0) is 52.2 Å². The lowest BCUT2D eigenvalue weighted by Gasteiger charge is -2.34. The summed E-state index contributed by atoms with van der Waals surface area (Å²) in [6.07, 6.45) is 0. The number of amides is 2. The second kappa shape index (κ2) is 9.62. The zero-order valence-corrected chi connectivity index (χ0v) is 19.5. The predicted molar refractivity (Wildman–Crippen MR) is 131 cm³/mol. The van der Waals surface area contributed by atoms with Gasteiger partial charge in [0.25, 0.3) is 11.8 Å². The second-order valence-electron chi connectivity index (χ2n) is 7.63. The number of piperazine rings is 1. The van der Waals surface area contributed by atoms with Gasteiger partial charge in [0.05, 0.1) is 21.3 Å². The highest BCUT2D eigenvalue weighted by atomic mass is 35.5. The number of carbonyl (C=O) groups is 2. The van der Waals surface area contributed by atoms with E-state index in [1.165, 1.54) is 11.3 Å². The van der Waals surface area contributed by atoms with Crippen molar-refractivity contribution in [3.8, 4) is 5.69 Å². The summed E-state index contributed by atoms with van der Waals surface area (Å²) >= 11 is 7.61.